The van der Waals surface area contributed by atoms with Crippen molar-refractivity contribution >= 4 is 5.97 Å². The summed E-state index contributed by atoms with van der Waals surface area (Å²) in [6.45, 7) is 13.6. The maximum atomic E-state index is 10.2. The van der Waals surface area contributed by atoms with Crippen molar-refractivity contribution in [2.24, 2.45) is 0 Å². The van der Waals surface area contributed by atoms with Crippen LogP contribution in [-0.2, 0) is 9.53 Å². The predicted molar refractivity (Wildman–Crippen MR) is 79.7 cm³/mol. The Morgan fingerprint density at radius 3 is 1.94 bits per heavy atom. The highest BCUT2D eigenvalue weighted by atomic mass is 16.6. The fourth-order valence-corrected chi connectivity index (χ4v) is 1.48. The fourth-order valence-electron chi connectivity index (χ4n) is 1.48. The average molecular weight is 256 g/mol. The van der Waals surface area contributed by atoms with Crippen LogP contribution in [0.2, 0.25) is 0 Å². The normalized spacial score (nSPS) is 11.6. The van der Waals surface area contributed by atoms with Crippen LogP contribution in [0, 0.1) is 0 Å². The zero-order valence-electron chi connectivity index (χ0n) is 13.4. The lowest BCUT2D eigenvalue weighted by molar-refractivity contribution is -0.151. The van der Waals surface area contributed by atoms with Gasteiger partial charge in [0.05, 0.1) is 0 Å². The lowest BCUT2D eigenvalue weighted by Gasteiger charge is -2.17. The number of esters is 1. The Morgan fingerprint density at radius 1 is 1.11 bits per heavy atom. The van der Waals surface area contributed by atoms with Gasteiger partial charge in [0, 0.05) is 6.92 Å². The van der Waals surface area contributed by atoms with Crippen LogP contribution in [-0.4, -0.2) is 11.6 Å². The van der Waals surface area contributed by atoms with Crippen molar-refractivity contribution < 1.29 is 9.53 Å². The number of hydrogen-bond donors (Lipinski definition) is 0. The number of ether oxygens (including phenoxy) is 1. The Morgan fingerprint density at radius 2 is 1.67 bits per heavy atom. The molecule has 0 aliphatic rings. The largest absolute Gasteiger partial charge is 0.460 e. The van der Waals surface area contributed by atoms with Crippen LogP contribution in [0.15, 0.2) is 11.6 Å². The molecule has 0 N–H and O–H groups in total. The zero-order valence-corrected chi connectivity index (χ0v) is 13.4. The molecule has 0 aromatic heterocycles. The van der Waals surface area contributed by atoms with Crippen molar-refractivity contribution in [1.29, 1.82) is 0 Å². The lowest BCUT2D eigenvalue weighted by Crippen LogP contribution is -2.21. The highest BCUT2D eigenvalue weighted by Gasteiger charge is 2.11. The molecule has 2 heteroatoms. The number of rotatable bonds is 5. The van der Waals surface area contributed by atoms with Crippen LogP contribution >= 0.6 is 0 Å². The quantitative estimate of drug-likeness (QED) is 0.380. The van der Waals surface area contributed by atoms with Crippen LogP contribution in [0.1, 0.15) is 80.6 Å². The first-order valence-electron chi connectivity index (χ1n) is 7.08. The first-order valence-corrected chi connectivity index (χ1v) is 7.08. The molecule has 0 atom stereocenters. The summed E-state index contributed by atoms with van der Waals surface area (Å²) in [6, 6.07) is 0. The Bertz CT molecular complexity index is 234. The van der Waals surface area contributed by atoms with E-state index in [-0.39, 0.29) is 11.6 Å². The first kappa shape index (κ1) is 19.5. The Hall–Kier alpha value is -0.790. The van der Waals surface area contributed by atoms with Crippen LogP contribution in [0.4, 0.5) is 0 Å². The molecule has 0 aliphatic heterocycles. The van der Waals surface area contributed by atoms with Gasteiger partial charge in [0.15, 0.2) is 0 Å². The van der Waals surface area contributed by atoms with E-state index in [9.17, 15) is 4.79 Å². The molecule has 0 rings (SSSR count). The summed E-state index contributed by atoms with van der Waals surface area (Å²) in [4.78, 5) is 10.2. The second-order valence-corrected chi connectivity index (χ2v) is 5.65. The summed E-state index contributed by atoms with van der Waals surface area (Å²) < 4.78 is 4.80. The van der Waals surface area contributed by atoms with Gasteiger partial charge >= 0.3 is 5.97 Å². The molecule has 0 radical (unpaired) electrons. The van der Waals surface area contributed by atoms with Gasteiger partial charge in [-0.15, -0.1) is 0 Å². The lowest BCUT2D eigenvalue weighted by atomic mass is 10.1. The van der Waals surface area contributed by atoms with E-state index >= 15 is 0 Å². The molecule has 0 fully saturated rings. The van der Waals surface area contributed by atoms with Crippen LogP contribution in [0.5, 0.6) is 0 Å². The third-order valence-electron chi connectivity index (χ3n) is 2.14. The monoisotopic (exact) mass is 256 g/mol. The topological polar surface area (TPSA) is 26.3 Å². The molecule has 0 bridgehead atoms. The standard InChI is InChI=1S/C10H20.C6H12O2/c1-4-6-7-9-10(3)8-5-2;1-5(7)8-6(2,3)4/h9H,4-8H2,1-3H3;1-4H3/b10-9-;. The summed E-state index contributed by atoms with van der Waals surface area (Å²) >= 11 is 0. The second kappa shape index (κ2) is 11.3. The Balaban J connectivity index is 0. The molecule has 0 heterocycles. The van der Waals surface area contributed by atoms with Gasteiger partial charge in [-0.3, -0.25) is 4.79 Å². The molecule has 0 unspecified atom stereocenters. The summed E-state index contributed by atoms with van der Waals surface area (Å²) in [6.07, 6.45) is 8.89. The van der Waals surface area contributed by atoms with E-state index in [1.165, 1.54) is 39.0 Å². The van der Waals surface area contributed by atoms with Crippen molar-refractivity contribution in [3.05, 3.63) is 11.6 Å². The van der Waals surface area contributed by atoms with E-state index in [1.54, 1.807) is 5.57 Å². The number of unbranched alkanes of at least 4 members (excludes halogenated alkanes) is 2. The van der Waals surface area contributed by atoms with Crippen molar-refractivity contribution in [2.45, 2.75) is 86.2 Å². The Labute approximate surface area is 114 Å². The van der Waals surface area contributed by atoms with E-state index in [2.05, 4.69) is 26.8 Å². The number of carbonyl (C=O) groups is 1. The van der Waals surface area contributed by atoms with Crippen LogP contribution in [0.25, 0.3) is 0 Å². The highest BCUT2D eigenvalue weighted by molar-refractivity contribution is 5.66. The highest BCUT2D eigenvalue weighted by Crippen LogP contribution is 2.06. The molecule has 108 valence electrons. The van der Waals surface area contributed by atoms with Gasteiger partial charge in [-0.25, -0.2) is 0 Å². The van der Waals surface area contributed by atoms with Gasteiger partial charge < -0.3 is 4.74 Å². The van der Waals surface area contributed by atoms with Gasteiger partial charge in [0.2, 0.25) is 0 Å². The summed E-state index contributed by atoms with van der Waals surface area (Å²) in [5.74, 6) is -0.225. The summed E-state index contributed by atoms with van der Waals surface area (Å²) in [5, 5.41) is 0. The number of carbonyl (C=O) groups excluding carboxylic acids is 1. The minimum Gasteiger partial charge on any atom is -0.460 e. The zero-order chi connectivity index (χ0) is 14.6. The SMILES string of the molecule is CC(=O)OC(C)(C)C.CCCC/C=C(/C)CCC. The number of allylic oxidation sites excluding steroid dienone is 2. The molecular weight excluding hydrogens is 224 g/mol. The van der Waals surface area contributed by atoms with Crippen LogP contribution in [0.3, 0.4) is 0 Å². The van der Waals surface area contributed by atoms with Gasteiger partial charge in [-0.1, -0.05) is 44.8 Å². The third kappa shape index (κ3) is 20.6. The molecule has 2 nitrogen and oxygen atoms in total. The van der Waals surface area contributed by atoms with Crippen molar-refractivity contribution in [3.63, 3.8) is 0 Å². The molecule has 0 aromatic carbocycles. The molecule has 0 saturated heterocycles. The van der Waals surface area contributed by atoms with Crippen molar-refractivity contribution in [3.8, 4) is 0 Å². The van der Waals surface area contributed by atoms with Gasteiger partial charge in [-0.2, -0.15) is 0 Å². The molecule has 0 spiro atoms. The van der Waals surface area contributed by atoms with Gasteiger partial charge in [0.25, 0.3) is 0 Å². The van der Waals surface area contributed by atoms with Gasteiger partial charge in [0.1, 0.15) is 5.60 Å². The molecule has 0 amide bonds. The van der Waals surface area contributed by atoms with E-state index in [0.29, 0.717) is 0 Å². The molecular formula is C16H32O2. The second-order valence-electron chi connectivity index (χ2n) is 5.65. The van der Waals surface area contributed by atoms with E-state index in [1.807, 2.05) is 20.8 Å². The molecule has 0 saturated carbocycles. The average Bonchev–Trinajstić information content (AvgIpc) is 2.15. The Kier molecular flexibility index (Phi) is 12.3. The smallest absolute Gasteiger partial charge is 0.303 e. The molecule has 18 heavy (non-hydrogen) atoms. The van der Waals surface area contributed by atoms with Crippen LogP contribution < -0.4 is 0 Å². The maximum Gasteiger partial charge on any atom is 0.303 e. The molecule has 0 aromatic rings. The first-order chi connectivity index (χ1) is 8.22. The van der Waals surface area contributed by atoms with Crippen molar-refractivity contribution in [2.75, 3.05) is 0 Å². The molecule has 0 aliphatic carbocycles. The summed E-state index contributed by atoms with van der Waals surface area (Å²) in [7, 11) is 0. The maximum absolute atomic E-state index is 10.2. The number of hydrogen-bond acceptors (Lipinski definition) is 2. The fraction of sp³-hybridized carbons (Fsp3) is 0.812. The van der Waals surface area contributed by atoms with E-state index < -0.39 is 0 Å². The van der Waals surface area contributed by atoms with Crippen molar-refractivity contribution in [1.82, 2.24) is 0 Å². The van der Waals surface area contributed by atoms with Gasteiger partial charge in [-0.05, 0) is 40.5 Å². The van der Waals surface area contributed by atoms with E-state index in [4.69, 9.17) is 4.74 Å². The predicted octanol–water partition coefficient (Wildman–Crippen LogP) is 5.27. The third-order valence-corrected chi connectivity index (χ3v) is 2.14. The minimum absolute atomic E-state index is 0.225. The minimum atomic E-state index is -0.328. The summed E-state index contributed by atoms with van der Waals surface area (Å²) in [5.41, 5.74) is 1.24. The van der Waals surface area contributed by atoms with E-state index in [0.717, 1.165) is 0 Å².